The molecule has 1 aromatic carbocycles. The molecule has 11 nitrogen and oxygen atoms in total. The van der Waals surface area contributed by atoms with Crippen LogP contribution in [-0.2, 0) is 14.3 Å². The highest BCUT2D eigenvalue weighted by atomic mass is 16.5. The summed E-state index contributed by atoms with van der Waals surface area (Å²) in [5.41, 5.74) is 3.70. The zero-order valence-corrected chi connectivity index (χ0v) is 26.8. The van der Waals surface area contributed by atoms with Crippen molar-refractivity contribution in [2.45, 2.75) is 84.0 Å². The summed E-state index contributed by atoms with van der Waals surface area (Å²) in [5.74, 6) is -0.513. The van der Waals surface area contributed by atoms with E-state index in [1.54, 1.807) is 4.90 Å². The zero-order chi connectivity index (χ0) is 31.6. The van der Waals surface area contributed by atoms with E-state index in [1.165, 1.54) is 0 Å². The van der Waals surface area contributed by atoms with Gasteiger partial charge < -0.3 is 25.0 Å². The molecule has 3 aliphatic heterocycles. The molecular weight excluding hydrogens is 560 g/mol. The summed E-state index contributed by atoms with van der Waals surface area (Å²) in [6, 6.07) is 6.78. The third-order valence-corrected chi connectivity index (χ3v) is 9.74. The number of likely N-dealkylation sites (tertiary alicyclic amines) is 1. The molecule has 0 radical (unpaired) electrons. The smallest absolute Gasteiger partial charge is 0.254 e. The summed E-state index contributed by atoms with van der Waals surface area (Å²) in [5, 5.41) is 21.3. The maximum absolute atomic E-state index is 13.8. The van der Waals surface area contributed by atoms with Gasteiger partial charge in [-0.2, -0.15) is 5.10 Å². The fourth-order valence-electron chi connectivity index (χ4n) is 7.02. The third-order valence-electron chi connectivity index (χ3n) is 9.74. The molecule has 0 aliphatic carbocycles. The fourth-order valence-corrected chi connectivity index (χ4v) is 7.02. The normalized spacial score (nSPS) is 22.4. The van der Waals surface area contributed by atoms with Crippen LogP contribution in [0.15, 0.2) is 24.3 Å². The number of ether oxygens (including phenoxy) is 1. The van der Waals surface area contributed by atoms with Gasteiger partial charge in [0.2, 0.25) is 11.8 Å². The number of piperazine rings is 1. The summed E-state index contributed by atoms with van der Waals surface area (Å²) in [7, 11) is 0. The molecular formula is C33H48N6O5. The Morgan fingerprint density at radius 2 is 1.75 bits per heavy atom. The van der Waals surface area contributed by atoms with E-state index < -0.39 is 17.7 Å². The van der Waals surface area contributed by atoms with E-state index in [4.69, 9.17) is 4.74 Å². The van der Waals surface area contributed by atoms with E-state index in [0.29, 0.717) is 64.3 Å². The molecule has 0 bridgehead atoms. The van der Waals surface area contributed by atoms with Crippen LogP contribution < -0.4 is 5.32 Å². The van der Waals surface area contributed by atoms with Gasteiger partial charge in [-0.3, -0.25) is 24.4 Å². The van der Waals surface area contributed by atoms with Crippen molar-refractivity contribution in [3.8, 4) is 0 Å². The van der Waals surface area contributed by atoms with Crippen LogP contribution in [0.25, 0.3) is 0 Å². The average Bonchev–Trinajstić information content (AvgIpc) is 3.37. The second-order valence-corrected chi connectivity index (χ2v) is 12.9. The molecule has 1 unspecified atom stereocenters. The fraction of sp³-hybridized carbons (Fsp3) is 0.636. The summed E-state index contributed by atoms with van der Waals surface area (Å²) < 4.78 is 5.41. The number of benzene rings is 1. The molecule has 5 rings (SSSR count). The summed E-state index contributed by atoms with van der Waals surface area (Å²) in [4.78, 5) is 46.7. The number of unbranched alkanes of at least 4 members (excludes halogenated alkanes) is 1. The van der Waals surface area contributed by atoms with Crippen LogP contribution in [0, 0.1) is 19.8 Å². The van der Waals surface area contributed by atoms with Gasteiger partial charge in [-0.15, -0.1) is 0 Å². The Bertz CT molecular complexity index is 1310. The predicted octanol–water partition coefficient (Wildman–Crippen LogP) is 2.57. The highest BCUT2D eigenvalue weighted by Gasteiger charge is 2.55. The van der Waals surface area contributed by atoms with E-state index >= 15 is 0 Å². The Hall–Kier alpha value is -3.28. The number of aliphatic hydroxyl groups is 1. The first-order chi connectivity index (χ1) is 21.1. The van der Waals surface area contributed by atoms with Gasteiger partial charge in [-0.25, -0.2) is 0 Å². The topological polar surface area (TPSA) is 131 Å². The Morgan fingerprint density at radius 3 is 2.32 bits per heavy atom. The number of carbonyl (C=O) groups is 3. The van der Waals surface area contributed by atoms with Crippen molar-refractivity contribution < 1.29 is 24.2 Å². The van der Waals surface area contributed by atoms with Crippen LogP contribution in [0.2, 0.25) is 0 Å². The number of nitrogens with one attached hydrogen (secondary N) is 2. The van der Waals surface area contributed by atoms with Crippen molar-refractivity contribution >= 4 is 17.7 Å². The molecule has 3 atom stereocenters. The number of carbonyl (C=O) groups excluding carboxylic acids is 3. The molecule has 44 heavy (non-hydrogen) atoms. The number of aromatic amines is 1. The van der Waals surface area contributed by atoms with E-state index in [1.807, 2.05) is 56.9 Å². The van der Waals surface area contributed by atoms with E-state index in [2.05, 4.69) is 27.3 Å². The maximum atomic E-state index is 13.8. The van der Waals surface area contributed by atoms with Crippen molar-refractivity contribution in [1.29, 1.82) is 0 Å². The molecule has 4 heterocycles. The van der Waals surface area contributed by atoms with E-state index in [-0.39, 0.29) is 29.7 Å². The van der Waals surface area contributed by atoms with Crippen molar-refractivity contribution in [2.75, 3.05) is 45.9 Å². The first-order valence-electron chi connectivity index (χ1n) is 16.1. The Balaban J connectivity index is 1.41. The van der Waals surface area contributed by atoms with Crippen LogP contribution in [0.4, 0.5) is 0 Å². The number of rotatable bonds is 9. The van der Waals surface area contributed by atoms with Crippen molar-refractivity contribution in [1.82, 2.24) is 30.2 Å². The van der Waals surface area contributed by atoms with Crippen molar-refractivity contribution in [2.24, 2.45) is 5.92 Å². The lowest BCUT2D eigenvalue weighted by Gasteiger charge is -2.53. The number of hydrogen-bond acceptors (Lipinski definition) is 7. The highest BCUT2D eigenvalue weighted by molar-refractivity contribution is 6.00. The predicted molar refractivity (Wildman–Crippen MR) is 166 cm³/mol. The first kappa shape index (κ1) is 32.1. The molecule has 3 saturated heterocycles. The Kier molecular flexibility index (Phi) is 9.77. The van der Waals surface area contributed by atoms with Gasteiger partial charge in [0.05, 0.1) is 31.1 Å². The van der Waals surface area contributed by atoms with Gasteiger partial charge in [0.1, 0.15) is 11.6 Å². The van der Waals surface area contributed by atoms with Gasteiger partial charge >= 0.3 is 0 Å². The van der Waals surface area contributed by atoms with Crippen LogP contribution in [0.5, 0.6) is 0 Å². The number of aryl methyl sites for hydroxylation is 2. The lowest BCUT2D eigenvalue weighted by atomic mass is 9.79. The second kappa shape index (κ2) is 13.4. The quantitative estimate of drug-likeness (QED) is 0.399. The number of amides is 3. The molecule has 3 aliphatic rings. The van der Waals surface area contributed by atoms with Gasteiger partial charge in [0.15, 0.2) is 0 Å². The number of hydrogen-bond donors (Lipinski definition) is 3. The minimum Gasteiger partial charge on any atom is -0.390 e. The number of morpholine rings is 1. The highest BCUT2D eigenvalue weighted by Crippen LogP contribution is 2.40. The van der Waals surface area contributed by atoms with E-state index in [0.717, 1.165) is 35.4 Å². The average molecular weight is 609 g/mol. The molecule has 1 aromatic heterocycles. The summed E-state index contributed by atoms with van der Waals surface area (Å²) >= 11 is 0. The number of aromatic nitrogens is 2. The number of piperidine rings is 1. The minimum absolute atomic E-state index is 0.00743. The van der Waals surface area contributed by atoms with E-state index in [9.17, 15) is 19.5 Å². The molecule has 240 valence electrons. The SMILES string of the molecule is CCCCN1C(=O)[C@@H]([C@H](O)C(C)C)NC(=O)C12CCN(C(c1ccc(C(=O)N3CCOCC3)cc1)c1c(C)n[nH]c1C)CC2. The van der Waals surface area contributed by atoms with Crippen LogP contribution in [-0.4, -0.2) is 111 Å². The number of H-pyrrole nitrogens is 1. The molecule has 3 amide bonds. The molecule has 3 fully saturated rings. The molecule has 2 aromatic rings. The Morgan fingerprint density at radius 1 is 1.09 bits per heavy atom. The van der Waals surface area contributed by atoms with Gasteiger partial charge in [0.25, 0.3) is 5.91 Å². The summed E-state index contributed by atoms with van der Waals surface area (Å²) in [6.07, 6.45) is 1.72. The van der Waals surface area contributed by atoms with Gasteiger partial charge in [-0.05, 0) is 56.7 Å². The largest absolute Gasteiger partial charge is 0.390 e. The molecule has 1 spiro atoms. The minimum atomic E-state index is -0.949. The Labute approximate surface area is 260 Å². The lowest BCUT2D eigenvalue weighted by molar-refractivity contribution is -0.165. The van der Waals surface area contributed by atoms with Crippen LogP contribution in [0.1, 0.15) is 85.4 Å². The van der Waals surface area contributed by atoms with Crippen LogP contribution >= 0.6 is 0 Å². The zero-order valence-electron chi connectivity index (χ0n) is 26.8. The molecule has 0 saturated carbocycles. The monoisotopic (exact) mass is 608 g/mol. The lowest BCUT2D eigenvalue weighted by Crippen LogP contribution is -2.75. The standard InChI is InChI=1S/C33H48N6O5/c1-6-7-14-39-31(42)27(29(40)21(2)3)34-32(43)33(39)12-15-37(16-13-33)28(26-22(4)35-36-23(26)5)24-8-10-25(11-9-24)30(41)38-17-19-44-20-18-38/h8-11,21,27-29,40H,6-7,12-20H2,1-5H3,(H,34,43)(H,35,36)/t27-,28?,29-/m1/s1. The number of aliphatic hydroxyl groups excluding tert-OH is 1. The maximum Gasteiger partial charge on any atom is 0.254 e. The second-order valence-electron chi connectivity index (χ2n) is 12.9. The first-order valence-corrected chi connectivity index (χ1v) is 16.1. The van der Waals surface area contributed by atoms with Crippen molar-refractivity contribution in [3.05, 3.63) is 52.3 Å². The van der Waals surface area contributed by atoms with Gasteiger partial charge in [-0.1, -0.05) is 39.3 Å². The van der Waals surface area contributed by atoms with Crippen LogP contribution in [0.3, 0.4) is 0 Å². The molecule has 3 N–H and O–H groups in total. The third kappa shape index (κ3) is 6.01. The number of nitrogens with zero attached hydrogens (tertiary/aromatic N) is 4. The van der Waals surface area contributed by atoms with Gasteiger partial charge in [0, 0.05) is 49.5 Å². The summed E-state index contributed by atoms with van der Waals surface area (Å²) in [6.45, 7) is 13.8. The molecule has 11 heteroatoms. The van der Waals surface area contributed by atoms with Crippen molar-refractivity contribution in [3.63, 3.8) is 0 Å².